The van der Waals surface area contributed by atoms with Crippen LogP contribution in [0.4, 0.5) is 8.78 Å². The van der Waals surface area contributed by atoms with Crippen molar-refractivity contribution in [3.05, 3.63) is 35.4 Å². The number of likely N-dealkylation sites (tertiary alicyclic amines) is 1. The quantitative estimate of drug-likeness (QED) is 0.899. The number of carboxylic acids is 1. The molecule has 98 valence electrons. The summed E-state index contributed by atoms with van der Waals surface area (Å²) in [5, 5.41) is 8.93. The molecule has 0 saturated carbocycles. The molecule has 1 saturated heterocycles. The van der Waals surface area contributed by atoms with E-state index < -0.39 is 23.6 Å². The van der Waals surface area contributed by atoms with E-state index in [2.05, 4.69) is 0 Å². The summed E-state index contributed by atoms with van der Waals surface area (Å²) in [6.07, 6.45) is 1.85. The van der Waals surface area contributed by atoms with Gasteiger partial charge in [0, 0.05) is 12.1 Å². The first-order valence-electron chi connectivity index (χ1n) is 5.98. The molecule has 0 aromatic heterocycles. The molecule has 1 heterocycles. The van der Waals surface area contributed by atoms with E-state index in [0.717, 1.165) is 32.0 Å². The third-order valence-corrected chi connectivity index (χ3v) is 3.22. The number of benzene rings is 1. The van der Waals surface area contributed by atoms with Crippen molar-refractivity contribution in [3.63, 3.8) is 0 Å². The van der Waals surface area contributed by atoms with Crippen LogP contribution in [0.3, 0.4) is 0 Å². The summed E-state index contributed by atoms with van der Waals surface area (Å²) in [4.78, 5) is 12.9. The SMILES string of the molecule is O=C(O)CC(c1cc(F)cc(F)c1)N1CCCC1. The fourth-order valence-corrected chi connectivity index (χ4v) is 2.44. The van der Waals surface area contributed by atoms with Crippen LogP contribution >= 0.6 is 0 Å². The topological polar surface area (TPSA) is 40.5 Å². The van der Waals surface area contributed by atoms with Crippen molar-refractivity contribution < 1.29 is 18.7 Å². The molecule has 1 aliphatic rings. The first kappa shape index (κ1) is 13.0. The van der Waals surface area contributed by atoms with Crippen molar-refractivity contribution in [1.82, 2.24) is 4.90 Å². The fraction of sp³-hybridized carbons (Fsp3) is 0.462. The van der Waals surface area contributed by atoms with Gasteiger partial charge in [-0.05, 0) is 43.6 Å². The van der Waals surface area contributed by atoms with Crippen LogP contribution in [-0.2, 0) is 4.79 Å². The average molecular weight is 255 g/mol. The summed E-state index contributed by atoms with van der Waals surface area (Å²) in [7, 11) is 0. The molecule has 1 N–H and O–H groups in total. The Morgan fingerprint density at radius 3 is 2.28 bits per heavy atom. The monoisotopic (exact) mass is 255 g/mol. The molecule has 18 heavy (non-hydrogen) atoms. The summed E-state index contributed by atoms with van der Waals surface area (Å²) in [5.41, 5.74) is 0.400. The molecule has 0 spiro atoms. The molecule has 3 nitrogen and oxygen atoms in total. The van der Waals surface area contributed by atoms with Crippen LogP contribution in [-0.4, -0.2) is 29.1 Å². The van der Waals surface area contributed by atoms with Gasteiger partial charge < -0.3 is 5.11 Å². The Morgan fingerprint density at radius 1 is 1.22 bits per heavy atom. The van der Waals surface area contributed by atoms with E-state index in [1.807, 2.05) is 4.90 Å². The lowest BCUT2D eigenvalue weighted by molar-refractivity contribution is -0.138. The number of carbonyl (C=O) groups is 1. The fourth-order valence-electron chi connectivity index (χ4n) is 2.44. The molecular formula is C13H15F2NO2. The van der Waals surface area contributed by atoms with Crippen molar-refractivity contribution in [1.29, 1.82) is 0 Å². The van der Waals surface area contributed by atoms with Crippen LogP contribution in [0.15, 0.2) is 18.2 Å². The molecule has 1 unspecified atom stereocenters. The van der Waals surface area contributed by atoms with Gasteiger partial charge in [-0.3, -0.25) is 9.69 Å². The minimum absolute atomic E-state index is 0.136. The van der Waals surface area contributed by atoms with Crippen molar-refractivity contribution >= 4 is 5.97 Å². The second-order valence-electron chi connectivity index (χ2n) is 4.56. The van der Waals surface area contributed by atoms with Crippen LogP contribution in [0.1, 0.15) is 30.9 Å². The van der Waals surface area contributed by atoms with Crippen molar-refractivity contribution in [2.24, 2.45) is 0 Å². The standard InChI is InChI=1S/C13H15F2NO2/c14-10-5-9(6-11(15)7-10)12(8-13(17)18)16-3-1-2-4-16/h5-7,12H,1-4,8H2,(H,17,18). The van der Waals surface area contributed by atoms with E-state index in [1.165, 1.54) is 12.1 Å². The lowest BCUT2D eigenvalue weighted by Crippen LogP contribution is -2.27. The van der Waals surface area contributed by atoms with Gasteiger partial charge in [-0.15, -0.1) is 0 Å². The van der Waals surface area contributed by atoms with Crippen molar-refractivity contribution in [3.8, 4) is 0 Å². The number of rotatable bonds is 4. The Balaban J connectivity index is 2.28. The molecule has 0 bridgehead atoms. The van der Waals surface area contributed by atoms with Gasteiger partial charge in [-0.25, -0.2) is 8.78 Å². The van der Waals surface area contributed by atoms with Crippen LogP contribution in [0.2, 0.25) is 0 Å². The van der Waals surface area contributed by atoms with E-state index in [0.29, 0.717) is 5.56 Å². The molecule has 1 aliphatic heterocycles. The van der Waals surface area contributed by atoms with Crippen molar-refractivity contribution in [2.45, 2.75) is 25.3 Å². The van der Waals surface area contributed by atoms with Gasteiger partial charge in [0.15, 0.2) is 0 Å². The van der Waals surface area contributed by atoms with Crippen LogP contribution in [0.5, 0.6) is 0 Å². The zero-order valence-electron chi connectivity index (χ0n) is 9.90. The van der Waals surface area contributed by atoms with Gasteiger partial charge >= 0.3 is 5.97 Å². The maximum atomic E-state index is 13.2. The molecule has 5 heteroatoms. The second-order valence-corrected chi connectivity index (χ2v) is 4.56. The summed E-state index contributed by atoms with van der Waals surface area (Å²) in [5.74, 6) is -2.30. The number of carboxylic acid groups (broad SMARTS) is 1. The summed E-state index contributed by atoms with van der Waals surface area (Å²) < 4.78 is 26.4. The highest BCUT2D eigenvalue weighted by molar-refractivity contribution is 5.68. The lowest BCUT2D eigenvalue weighted by Gasteiger charge is -2.26. The van der Waals surface area contributed by atoms with Crippen LogP contribution in [0, 0.1) is 11.6 Å². The maximum Gasteiger partial charge on any atom is 0.305 e. The van der Waals surface area contributed by atoms with Gasteiger partial charge in [-0.2, -0.15) is 0 Å². The molecule has 1 fully saturated rings. The predicted molar refractivity (Wildman–Crippen MR) is 62.2 cm³/mol. The molecular weight excluding hydrogens is 240 g/mol. The third-order valence-electron chi connectivity index (χ3n) is 3.22. The third kappa shape index (κ3) is 3.04. The molecule has 1 aromatic rings. The Bertz CT molecular complexity index is 424. The highest BCUT2D eigenvalue weighted by Crippen LogP contribution is 2.29. The first-order chi connectivity index (χ1) is 8.56. The summed E-state index contributed by atoms with van der Waals surface area (Å²) >= 11 is 0. The van der Waals surface area contributed by atoms with E-state index in [-0.39, 0.29) is 6.42 Å². The Hall–Kier alpha value is -1.49. The highest BCUT2D eigenvalue weighted by atomic mass is 19.1. The Morgan fingerprint density at radius 2 is 1.78 bits per heavy atom. The molecule has 2 rings (SSSR count). The molecule has 1 atom stereocenters. The van der Waals surface area contributed by atoms with E-state index in [9.17, 15) is 13.6 Å². The van der Waals surface area contributed by atoms with Gasteiger partial charge in [0.1, 0.15) is 11.6 Å². The predicted octanol–water partition coefficient (Wildman–Crippen LogP) is 2.58. The minimum Gasteiger partial charge on any atom is -0.481 e. The molecule has 1 aromatic carbocycles. The van der Waals surface area contributed by atoms with Crippen LogP contribution in [0.25, 0.3) is 0 Å². The largest absolute Gasteiger partial charge is 0.481 e. The first-order valence-corrected chi connectivity index (χ1v) is 5.98. The summed E-state index contributed by atoms with van der Waals surface area (Å²) in [6.45, 7) is 1.55. The van der Waals surface area contributed by atoms with E-state index in [1.54, 1.807) is 0 Å². The molecule has 0 radical (unpaired) electrons. The van der Waals surface area contributed by atoms with Gasteiger partial charge in [-0.1, -0.05) is 0 Å². The number of aliphatic carboxylic acids is 1. The van der Waals surface area contributed by atoms with Crippen molar-refractivity contribution in [2.75, 3.05) is 13.1 Å². The second kappa shape index (κ2) is 5.44. The van der Waals surface area contributed by atoms with E-state index >= 15 is 0 Å². The number of hydrogen-bond acceptors (Lipinski definition) is 2. The molecule has 0 amide bonds. The van der Waals surface area contributed by atoms with E-state index in [4.69, 9.17) is 5.11 Å². The normalized spacial score (nSPS) is 17.9. The highest BCUT2D eigenvalue weighted by Gasteiger charge is 2.26. The minimum atomic E-state index is -0.962. The number of halogens is 2. The van der Waals surface area contributed by atoms with Gasteiger partial charge in [0.2, 0.25) is 0 Å². The number of hydrogen-bond donors (Lipinski definition) is 1. The van der Waals surface area contributed by atoms with Crippen LogP contribution < -0.4 is 0 Å². The number of nitrogens with zero attached hydrogens (tertiary/aromatic N) is 1. The lowest BCUT2D eigenvalue weighted by atomic mass is 10.0. The average Bonchev–Trinajstić information content (AvgIpc) is 2.77. The zero-order chi connectivity index (χ0) is 13.1. The van der Waals surface area contributed by atoms with Gasteiger partial charge in [0.25, 0.3) is 0 Å². The van der Waals surface area contributed by atoms with Gasteiger partial charge in [0.05, 0.1) is 6.42 Å². The molecule has 0 aliphatic carbocycles. The maximum absolute atomic E-state index is 13.2. The smallest absolute Gasteiger partial charge is 0.305 e. The summed E-state index contributed by atoms with van der Waals surface area (Å²) in [6, 6.07) is 2.78. The Kier molecular flexibility index (Phi) is 3.91. The zero-order valence-corrected chi connectivity index (χ0v) is 9.90. The Labute approximate surface area is 104 Å².